The molecule has 0 saturated carbocycles. The van der Waals surface area contributed by atoms with E-state index in [1.807, 2.05) is 18.2 Å². The molecular formula is C26H31F3N3O8PS. The second kappa shape index (κ2) is 12.8. The summed E-state index contributed by atoms with van der Waals surface area (Å²) in [5.74, 6) is -1.24. The molecule has 0 aliphatic carbocycles. The second-order valence-corrected chi connectivity index (χ2v) is 13.1. The van der Waals surface area contributed by atoms with Gasteiger partial charge in [-0.15, -0.1) is 0 Å². The van der Waals surface area contributed by atoms with Gasteiger partial charge in [0, 0.05) is 12.3 Å². The zero-order chi connectivity index (χ0) is 30.8. The summed E-state index contributed by atoms with van der Waals surface area (Å²) in [6.07, 6.45) is -10.8. The molecule has 4 N–H and O–H groups in total. The van der Waals surface area contributed by atoms with Crippen molar-refractivity contribution in [2.45, 2.75) is 69.8 Å². The number of carbonyl (C=O) groups excluding carboxylic acids is 2. The number of esters is 1. The van der Waals surface area contributed by atoms with Gasteiger partial charge in [-0.1, -0.05) is 30.3 Å². The molecule has 2 aromatic carbocycles. The van der Waals surface area contributed by atoms with Gasteiger partial charge in [-0.3, -0.25) is 9.59 Å². The predicted molar refractivity (Wildman–Crippen MR) is 148 cm³/mol. The van der Waals surface area contributed by atoms with Crippen LogP contribution in [0.15, 0.2) is 54.7 Å². The maximum Gasteiger partial charge on any atom is 0.323 e. The van der Waals surface area contributed by atoms with Crippen molar-refractivity contribution in [1.82, 2.24) is 15.3 Å². The van der Waals surface area contributed by atoms with Crippen molar-refractivity contribution in [1.29, 1.82) is 0 Å². The largest absolute Gasteiger partial charge is 0.462 e. The first-order valence-electron chi connectivity index (χ1n) is 12.9. The lowest BCUT2D eigenvalue weighted by molar-refractivity contribution is -0.212. The molecule has 0 spiro atoms. The van der Waals surface area contributed by atoms with Crippen LogP contribution in [0, 0.1) is 0 Å². The highest BCUT2D eigenvalue weighted by Gasteiger charge is 2.63. The van der Waals surface area contributed by atoms with Gasteiger partial charge in [-0.25, -0.2) is 18.3 Å². The summed E-state index contributed by atoms with van der Waals surface area (Å²) >= 11 is 5.60. The number of benzene rings is 2. The number of halogens is 3. The first-order valence-corrected chi connectivity index (χ1v) is 15.5. The standard InChI is InChI=1S/C26H31F3N3O8PS/c1-14(2)38-23(35)15(3)31-41(42,40-18-9-8-16-6-4-5-7-17(16)12-18)37-13-26(24(28)29)21(34)20(27)22(39-26)32-11-10-19(33)30-25(32)36/h4-12,14-15,20-22,24-25,34,36H,13H2,1-3H3,(H,30,33)(H,31,42)/t15-,20+,21-,22+,25?,26+,41?/m0/s1. The number of nitrogens with one attached hydrogen (secondary N) is 2. The van der Waals surface area contributed by atoms with Gasteiger partial charge in [0.25, 0.3) is 6.43 Å². The van der Waals surface area contributed by atoms with E-state index < -0.39 is 74.2 Å². The van der Waals surface area contributed by atoms with Crippen molar-refractivity contribution in [2.75, 3.05) is 6.61 Å². The van der Waals surface area contributed by atoms with Crippen molar-refractivity contribution in [3.63, 3.8) is 0 Å². The van der Waals surface area contributed by atoms with Gasteiger partial charge in [-0.2, -0.15) is 0 Å². The predicted octanol–water partition coefficient (Wildman–Crippen LogP) is 2.67. The van der Waals surface area contributed by atoms with Gasteiger partial charge < -0.3 is 39.0 Å². The minimum absolute atomic E-state index is 0.187. The summed E-state index contributed by atoms with van der Waals surface area (Å²) in [6.45, 7) is -0.414. The molecule has 7 atom stereocenters. The van der Waals surface area contributed by atoms with Gasteiger partial charge in [0.2, 0.25) is 12.3 Å². The van der Waals surface area contributed by atoms with E-state index in [1.165, 1.54) is 6.92 Å². The minimum atomic E-state index is -3.92. The monoisotopic (exact) mass is 633 g/mol. The molecule has 0 aromatic heterocycles. The zero-order valence-electron chi connectivity index (χ0n) is 22.7. The number of hydrogen-bond donors (Lipinski definition) is 4. The first-order chi connectivity index (χ1) is 19.7. The Balaban J connectivity index is 1.62. The van der Waals surface area contributed by atoms with Crippen LogP contribution < -0.4 is 14.9 Å². The third kappa shape index (κ3) is 6.88. The summed E-state index contributed by atoms with van der Waals surface area (Å²) in [5.41, 5.74) is -2.97. The maximum atomic E-state index is 15.3. The Morgan fingerprint density at radius 1 is 1.21 bits per heavy atom. The highest BCUT2D eigenvalue weighted by atomic mass is 32.5. The second-order valence-electron chi connectivity index (χ2n) is 10.0. The van der Waals surface area contributed by atoms with Crippen molar-refractivity contribution >= 4 is 41.1 Å². The van der Waals surface area contributed by atoms with Crippen molar-refractivity contribution in [3.05, 3.63) is 54.7 Å². The van der Waals surface area contributed by atoms with E-state index in [2.05, 4.69) is 10.4 Å². The van der Waals surface area contributed by atoms with Crippen LogP contribution in [0.2, 0.25) is 0 Å². The molecule has 4 rings (SSSR count). The Kier molecular flexibility index (Phi) is 9.82. The normalized spacial score (nSPS) is 28.1. The first kappa shape index (κ1) is 32.1. The van der Waals surface area contributed by atoms with E-state index in [4.69, 9.17) is 30.3 Å². The van der Waals surface area contributed by atoms with Gasteiger partial charge in [0.05, 0.1) is 12.7 Å². The molecule has 2 aromatic rings. The summed E-state index contributed by atoms with van der Waals surface area (Å²) in [6, 6.07) is 11.1. The topological polar surface area (TPSA) is 139 Å². The Labute approximate surface area is 244 Å². The van der Waals surface area contributed by atoms with Crippen LogP contribution in [-0.2, 0) is 35.4 Å². The Morgan fingerprint density at radius 3 is 2.55 bits per heavy atom. The Bertz CT molecular complexity index is 1390. The Morgan fingerprint density at radius 2 is 1.90 bits per heavy atom. The quantitative estimate of drug-likeness (QED) is 0.215. The summed E-state index contributed by atoms with van der Waals surface area (Å²) < 4.78 is 66.6. The van der Waals surface area contributed by atoms with Gasteiger partial charge >= 0.3 is 12.6 Å². The lowest BCUT2D eigenvalue weighted by atomic mass is 9.97. The van der Waals surface area contributed by atoms with E-state index in [-0.39, 0.29) is 5.75 Å². The molecule has 2 aliphatic rings. The van der Waals surface area contributed by atoms with Crippen LogP contribution in [0.4, 0.5) is 13.2 Å². The zero-order valence-corrected chi connectivity index (χ0v) is 24.4. The highest BCUT2D eigenvalue weighted by molar-refractivity contribution is 8.09. The minimum Gasteiger partial charge on any atom is -0.462 e. The fourth-order valence-corrected chi connectivity index (χ4v) is 6.76. The molecule has 0 bridgehead atoms. The number of ether oxygens (including phenoxy) is 2. The number of carbonyl (C=O) groups is 2. The number of hydrogen-bond acceptors (Lipinski definition) is 10. The van der Waals surface area contributed by atoms with E-state index in [9.17, 15) is 28.6 Å². The molecule has 230 valence electrons. The number of rotatable bonds is 11. The third-order valence-corrected chi connectivity index (χ3v) is 8.97. The molecular weight excluding hydrogens is 602 g/mol. The van der Waals surface area contributed by atoms with Crippen LogP contribution in [0.3, 0.4) is 0 Å². The molecule has 1 saturated heterocycles. The lowest BCUT2D eigenvalue weighted by Crippen LogP contribution is -2.55. The van der Waals surface area contributed by atoms with Crippen LogP contribution in [-0.4, -0.2) is 82.6 Å². The average Bonchev–Trinajstić information content (AvgIpc) is 3.17. The van der Waals surface area contributed by atoms with E-state index in [0.29, 0.717) is 0 Å². The fraction of sp³-hybridized carbons (Fsp3) is 0.462. The molecule has 2 unspecified atom stereocenters. The smallest absolute Gasteiger partial charge is 0.323 e. The SMILES string of the molecule is CC(C)OC(=O)[C@H](C)NP(=S)(OC[C@@]1(C(F)F)O[C@@H](N2C=CC(=O)NC2O)[C@H](F)[C@@H]1O)Oc1ccc2ccccc2c1. The van der Waals surface area contributed by atoms with E-state index in [0.717, 1.165) is 27.9 Å². The molecule has 16 heteroatoms. The molecule has 1 fully saturated rings. The van der Waals surface area contributed by atoms with Gasteiger partial charge in [0.1, 0.15) is 17.9 Å². The molecule has 0 radical (unpaired) electrons. The molecule has 1 amide bonds. The average molecular weight is 634 g/mol. The van der Waals surface area contributed by atoms with E-state index in [1.54, 1.807) is 38.1 Å². The van der Waals surface area contributed by atoms with Crippen LogP contribution in [0.25, 0.3) is 10.8 Å². The number of amides is 1. The van der Waals surface area contributed by atoms with Crippen LogP contribution >= 0.6 is 6.64 Å². The highest BCUT2D eigenvalue weighted by Crippen LogP contribution is 2.49. The Hall–Kier alpha value is -2.78. The number of aliphatic hydroxyl groups is 2. The van der Waals surface area contributed by atoms with Crippen molar-refractivity contribution in [2.24, 2.45) is 0 Å². The van der Waals surface area contributed by atoms with Crippen molar-refractivity contribution < 1.29 is 51.5 Å². The molecule has 42 heavy (non-hydrogen) atoms. The van der Waals surface area contributed by atoms with Crippen LogP contribution in [0.5, 0.6) is 5.75 Å². The summed E-state index contributed by atoms with van der Waals surface area (Å²) in [4.78, 5) is 24.7. The number of alkyl halides is 3. The van der Waals surface area contributed by atoms with E-state index >= 15 is 4.39 Å². The van der Waals surface area contributed by atoms with Gasteiger partial charge in [0.15, 0.2) is 18.0 Å². The van der Waals surface area contributed by atoms with Crippen molar-refractivity contribution in [3.8, 4) is 5.75 Å². The number of fused-ring (bicyclic) bond motifs is 1. The molecule has 2 aliphatic heterocycles. The lowest BCUT2D eigenvalue weighted by Gasteiger charge is -2.36. The maximum absolute atomic E-state index is 15.3. The summed E-state index contributed by atoms with van der Waals surface area (Å²) in [7, 11) is 0. The third-order valence-electron chi connectivity index (χ3n) is 6.49. The molecule has 11 nitrogen and oxygen atoms in total. The van der Waals surface area contributed by atoms with Crippen LogP contribution in [0.1, 0.15) is 20.8 Å². The van der Waals surface area contributed by atoms with Gasteiger partial charge in [-0.05, 0) is 55.5 Å². The number of aliphatic hydroxyl groups excluding tert-OH is 2. The summed E-state index contributed by atoms with van der Waals surface area (Å²) in [5, 5.41) is 27.2. The molecule has 2 heterocycles. The fourth-order valence-electron chi connectivity index (χ4n) is 4.35. The number of nitrogens with zero attached hydrogens (tertiary/aromatic N) is 1.